The number of anilines is 1. The van der Waals surface area contributed by atoms with Crippen molar-refractivity contribution >= 4 is 5.69 Å². The number of rotatable bonds is 2. The first-order valence-corrected chi connectivity index (χ1v) is 6.73. The highest BCUT2D eigenvalue weighted by molar-refractivity contribution is 5.75. The number of halogens is 1. The summed E-state index contributed by atoms with van der Waals surface area (Å²) in [7, 11) is 0. The number of aryl methyl sites for hydroxylation is 2. The lowest BCUT2D eigenvalue weighted by Gasteiger charge is -2.05. The van der Waals surface area contributed by atoms with Crippen LogP contribution in [0.4, 0.5) is 10.1 Å². The van der Waals surface area contributed by atoms with Crippen molar-refractivity contribution in [1.29, 1.82) is 0 Å². The van der Waals surface area contributed by atoms with Crippen molar-refractivity contribution in [3.63, 3.8) is 0 Å². The van der Waals surface area contributed by atoms with E-state index in [9.17, 15) is 4.39 Å². The number of aromatic nitrogens is 2. The van der Waals surface area contributed by atoms with Crippen molar-refractivity contribution in [2.75, 3.05) is 5.73 Å². The summed E-state index contributed by atoms with van der Waals surface area (Å²) in [5.74, 6) is -0.297. The van der Waals surface area contributed by atoms with Gasteiger partial charge in [-0.3, -0.25) is 0 Å². The summed E-state index contributed by atoms with van der Waals surface area (Å²) in [6, 6.07) is 12.4. The van der Waals surface area contributed by atoms with Crippen LogP contribution >= 0.6 is 0 Å². The lowest BCUT2D eigenvalue weighted by atomic mass is 10.0. The lowest BCUT2D eigenvalue weighted by Crippen LogP contribution is -1.96. The van der Waals surface area contributed by atoms with E-state index >= 15 is 0 Å². The summed E-state index contributed by atoms with van der Waals surface area (Å²) in [6.07, 6.45) is 1.71. The molecular weight excluding hydrogens is 265 g/mol. The third-order valence-corrected chi connectivity index (χ3v) is 3.45. The van der Waals surface area contributed by atoms with Crippen LogP contribution in [0.3, 0.4) is 0 Å². The van der Waals surface area contributed by atoms with Crippen LogP contribution in [-0.4, -0.2) is 9.78 Å². The molecule has 0 spiro atoms. The van der Waals surface area contributed by atoms with Crippen molar-refractivity contribution in [3.05, 3.63) is 65.6 Å². The van der Waals surface area contributed by atoms with Crippen LogP contribution in [0.25, 0.3) is 16.9 Å². The first kappa shape index (κ1) is 13.4. The van der Waals surface area contributed by atoms with Gasteiger partial charge in [0.2, 0.25) is 0 Å². The largest absolute Gasteiger partial charge is 0.396 e. The summed E-state index contributed by atoms with van der Waals surface area (Å²) >= 11 is 0. The van der Waals surface area contributed by atoms with E-state index in [2.05, 4.69) is 11.2 Å². The molecule has 106 valence electrons. The molecule has 3 nitrogen and oxygen atoms in total. The van der Waals surface area contributed by atoms with Crippen LogP contribution in [0.15, 0.2) is 48.7 Å². The Balaban J connectivity index is 2.10. The summed E-state index contributed by atoms with van der Waals surface area (Å²) in [4.78, 5) is 0. The Morgan fingerprint density at radius 2 is 1.90 bits per heavy atom. The fourth-order valence-electron chi connectivity index (χ4n) is 2.43. The van der Waals surface area contributed by atoms with Crippen LogP contribution in [0, 0.1) is 19.7 Å². The molecule has 0 aliphatic heterocycles. The number of nitrogen functional groups attached to an aromatic ring is 1. The minimum Gasteiger partial charge on any atom is -0.396 e. The van der Waals surface area contributed by atoms with E-state index in [1.54, 1.807) is 23.0 Å². The quantitative estimate of drug-likeness (QED) is 0.774. The van der Waals surface area contributed by atoms with E-state index in [-0.39, 0.29) is 5.82 Å². The van der Waals surface area contributed by atoms with Crippen LogP contribution in [0.5, 0.6) is 0 Å². The van der Waals surface area contributed by atoms with E-state index in [4.69, 9.17) is 5.73 Å². The lowest BCUT2D eigenvalue weighted by molar-refractivity contribution is 0.625. The van der Waals surface area contributed by atoms with Gasteiger partial charge in [0.1, 0.15) is 11.5 Å². The van der Waals surface area contributed by atoms with E-state index in [0.29, 0.717) is 11.4 Å². The maximum atomic E-state index is 13.3. The number of hydrogen-bond donors (Lipinski definition) is 1. The molecule has 0 unspecified atom stereocenters. The highest BCUT2D eigenvalue weighted by atomic mass is 19.1. The Kier molecular flexibility index (Phi) is 3.22. The molecule has 3 rings (SSSR count). The summed E-state index contributed by atoms with van der Waals surface area (Å²) < 4.78 is 14.9. The van der Waals surface area contributed by atoms with Gasteiger partial charge in [-0.25, -0.2) is 9.07 Å². The Hall–Kier alpha value is -2.62. The normalized spacial score (nSPS) is 10.8. The molecule has 1 heterocycles. The molecule has 21 heavy (non-hydrogen) atoms. The van der Waals surface area contributed by atoms with Gasteiger partial charge < -0.3 is 5.73 Å². The molecule has 2 N–H and O–H groups in total. The highest BCUT2D eigenvalue weighted by Crippen LogP contribution is 2.28. The zero-order valence-corrected chi connectivity index (χ0v) is 12.0. The molecule has 0 saturated carbocycles. The smallest absolute Gasteiger partial charge is 0.125 e. The Morgan fingerprint density at radius 3 is 2.62 bits per heavy atom. The molecule has 4 heteroatoms. The van der Waals surface area contributed by atoms with Crippen molar-refractivity contribution in [2.45, 2.75) is 13.8 Å². The molecule has 0 saturated heterocycles. The van der Waals surface area contributed by atoms with Crippen LogP contribution in [-0.2, 0) is 0 Å². The van der Waals surface area contributed by atoms with E-state index in [0.717, 1.165) is 16.8 Å². The Labute approximate surface area is 122 Å². The molecular formula is C17H16FN3. The van der Waals surface area contributed by atoms with Gasteiger partial charge in [-0.15, -0.1) is 0 Å². The van der Waals surface area contributed by atoms with Crippen molar-refractivity contribution in [3.8, 4) is 16.9 Å². The zero-order chi connectivity index (χ0) is 15.0. The van der Waals surface area contributed by atoms with Gasteiger partial charge in [-0.05, 0) is 37.6 Å². The number of nitrogens with zero attached hydrogens (tertiary/aromatic N) is 2. The van der Waals surface area contributed by atoms with Crippen LogP contribution < -0.4 is 5.73 Å². The third kappa shape index (κ3) is 2.52. The van der Waals surface area contributed by atoms with Crippen molar-refractivity contribution in [1.82, 2.24) is 9.78 Å². The molecule has 3 aromatic rings. The van der Waals surface area contributed by atoms with Crippen molar-refractivity contribution < 1.29 is 4.39 Å². The average Bonchev–Trinajstić information content (AvgIpc) is 2.81. The highest BCUT2D eigenvalue weighted by Gasteiger charge is 2.12. The van der Waals surface area contributed by atoms with Crippen LogP contribution in [0.2, 0.25) is 0 Å². The molecule has 0 bridgehead atoms. The summed E-state index contributed by atoms with van der Waals surface area (Å²) in [5, 5.41) is 4.51. The third-order valence-electron chi connectivity index (χ3n) is 3.45. The van der Waals surface area contributed by atoms with Gasteiger partial charge in [-0.2, -0.15) is 5.10 Å². The maximum absolute atomic E-state index is 13.3. The van der Waals surface area contributed by atoms with Crippen molar-refractivity contribution in [2.24, 2.45) is 0 Å². The standard InChI is InChI=1S/C17H16FN3/c1-11-6-7-15(12(2)8-11)17-16(19)10-21(20-17)14-5-3-4-13(18)9-14/h3-10H,19H2,1-2H3. The van der Waals surface area contributed by atoms with Gasteiger partial charge in [0, 0.05) is 5.56 Å². The SMILES string of the molecule is Cc1ccc(-c2nn(-c3cccc(F)c3)cc2N)c(C)c1. The van der Waals surface area contributed by atoms with Gasteiger partial charge in [0.15, 0.2) is 0 Å². The second kappa shape index (κ2) is 5.05. The minimum atomic E-state index is -0.297. The fourth-order valence-corrected chi connectivity index (χ4v) is 2.43. The molecule has 0 aliphatic rings. The number of hydrogen-bond acceptors (Lipinski definition) is 2. The van der Waals surface area contributed by atoms with E-state index in [1.807, 2.05) is 26.0 Å². The van der Waals surface area contributed by atoms with Crippen LogP contribution in [0.1, 0.15) is 11.1 Å². The van der Waals surface area contributed by atoms with Gasteiger partial charge in [-0.1, -0.05) is 29.8 Å². The van der Waals surface area contributed by atoms with E-state index < -0.39 is 0 Å². The minimum absolute atomic E-state index is 0.297. The molecule has 2 aromatic carbocycles. The second-order valence-electron chi connectivity index (χ2n) is 5.18. The number of benzene rings is 2. The van der Waals surface area contributed by atoms with Gasteiger partial charge in [0.05, 0.1) is 17.6 Å². The first-order valence-electron chi connectivity index (χ1n) is 6.73. The average molecular weight is 281 g/mol. The predicted molar refractivity (Wildman–Crippen MR) is 82.8 cm³/mol. The zero-order valence-electron chi connectivity index (χ0n) is 12.0. The maximum Gasteiger partial charge on any atom is 0.125 e. The Morgan fingerprint density at radius 1 is 1.10 bits per heavy atom. The fraction of sp³-hybridized carbons (Fsp3) is 0.118. The summed E-state index contributed by atoms with van der Waals surface area (Å²) in [5.41, 5.74) is 11.3. The molecule has 1 aromatic heterocycles. The molecule has 0 atom stereocenters. The monoisotopic (exact) mass is 281 g/mol. The van der Waals surface area contributed by atoms with Gasteiger partial charge in [0.25, 0.3) is 0 Å². The molecule has 0 aliphatic carbocycles. The first-order chi connectivity index (χ1) is 10.0. The van der Waals surface area contributed by atoms with E-state index in [1.165, 1.54) is 17.7 Å². The Bertz CT molecular complexity index is 806. The topological polar surface area (TPSA) is 43.8 Å². The molecule has 0 amide bonds. The molecule has 0 radical (unpaired) electrons. The number of nitrogens with two attached hydrogens (primary N) is 1. The molecule has 0 fully saturated rings. The second-order valence-corrected chi connectivity index (χ2v) is 5.18. The predicted octanol–water partition coefficient (Wildman–Crippen LogP) is 3.88. The summed E-state index contributed by atoms with van der Waals surface area (Å²) in [6.45, 7) is 4.08. The van der Waals surface area contributed by atoms with Gasteiger partial charge >= 0.3 is 0 Å².